The molecule has 20 heavy (non-hydrogen) atoms. The minimum absolute atomic E-state index is 0.330. The lowest BCUT2D eigenvalue weighted by Gasteiger charge is -2.09. The van der Waals surface area contributed by atoms with Gasteiger partial charge in [0, 0.05) is 18.8 Å². The van der Waals surface area contributed by atoms with Gasteiger partial charge in [-0.15, -0.1) is 0 Å². The second kappa shape index (κ2) is 4.85. The monoisotopic (exact) mass is 308 g/mol. The smallest absolute Gasteiger partial charge is 0.221 e. The summed E-state index contributed by atoms with van der Waals surface area (Å²) in [6.45, 7) is 0. The van der Waals surface area contributed by atoms with Crippen LogP contribution in [0.4, 0.5) is 5.69 Å². The molecule has 0 spiro atoms. The summed E-state index contributed by atoms with van der Waals surface area (Å²) in [6, 6.07) is 4.92. The number of benzene rings is 1. The van der Waals surface area contributed by atoms with Crippen LogP contribution in [-0.4, -0.2) is 14.5 Å². The van der Waals surface area contributed by atoms with Gasteiger partial charge in [0.15, 0.2) is 5.75 Å². The summed E-state index contributed by atoms with van der Waals surface area (Å²) in [5.41, 5.74) is 7.81. The Bertz CT molecular complexity index is 777. The highest BCUT2D eigenvalue weighted by Gasteiger charge is 2.12. The van der Waals surface area contributed by atoms with E-state index < -0.39 is 0 Å². The summed E-state index contributed by atoms with van der Waals surface area (Å²) in [7, 11) is 1.89. The molecule has 1 aromatic carbocycles. The summed E-state index contributed by atoms with van der Waals surface area (Å²) in [5.74, 6) is 0.714. The second-order valence-corrected chi connectivity index (χ2v) is 5.10. The minimum Gasteiger partial charge on any atom is -0.436 e. The topological polar surface area (TPSA) is 66.0 Å². The van der Waals surface area contributed by atoms with Gasteiger partial charge in [-0.2, -0.15) is 0 Å². The number of halogens is 2. The number of fused-ring (bicyclic) bond motifs is 1. The number of anilines is 1. The molecule has 0 aliphatic rings. The van der Waals surface area contributed by atoms with Crippen LogP contribution in [0.25, 0.3) is 11.0 Å². The van der Waals surface area contributed by atoms with Gasteiger partial charge in [-0.05, 0) is 12.1 Å². The molecule has 0 unspecified atom stereocenters. The maximum atomic E-state index is 6.08. The van der Waals surface area contributed by atoms with E-state index in [1.54, 1.807) is 30.7 Å². The van der Waals surface area contributed by atoms with Crippen LogP contribution in [-0.2, 0) is 7.05 Å². The maximum Gasteiger partial charge on any atom is 0.221 e. The number of aromatic nitrogens is 3. The first kappa shape index (κ1) is 13.0. The molecule has 0 saturated heterocycles. The van der Waals surface area contributed by atoms with Crippen LogP contribution in [0, 0.1) is 0 Å². The molecule has 0 aliphatic carbocycles. The van der Waals surface area contributed by atoms with Crippen molar-refractivity contribution in [1.82, 2.24) is 14.5 Å². The van der Waals surface area contributed by atoms with Gasteiger partial charge in [-0.1, -0.05) is 23.2 Å². The van der Waals surface area contributed by atoms with Gasteiger partial charge in [-0.3, -0.25) is 0 Å². The Morgan fingerprint density at radius 2 is 1.85 bits per heavy atom. The molecule has 0 saturated carbocycles. The fourth-order valence-corrected chi connectivity index (χ4v) is 2.43. The zero-order chi connectivity index (χ0) is 14.3. The summed E-state index contributed by atoms with van der Waals surface area (Å²) < 4.78 is 7.53. The highest BCUT2D eigenvalue weighted by molar-refractivity contribution is 6.37. The molecule has 0 fully saturated rings. The molecule has 0 bridgehead atoms. The second-order valence-electron chi connectivity index (χ2n) is 4.28. The van der Waals surface area contributed by atoms with Crippen molar-refractivity contribution in [3.8, 4) is 11.6 Å². The molecule has 0 radical (unpaired) electrons. The molecule has 3 rings (SSSR count). The largest absolute Gasteiger partial charge is 0.436 e. The Hall–Kier alpha value is -1.98. The van der Waals surface area contributed by atoms with E-state index in [1.807, 2.05) is 11.6 Å². The van der Waals surface area contributed by atoms with Crippen LogP contribution < -0.4 is 10.5 Å². The predicted octanol–water partition coefficient (Wildman–Crippen LogP) is 3.65. The number of aryl methyl sites for hydroxylation is 1. The third-order valence-electron chi connectivity index (χ3n) is 2.81. The molecule has 2 N–H and O–H groups in total. The normalized spacial score (nSPS) is 10.9. The van der Waals surface area contributed by atoms with Gasteiger partial charge in [0.1, 0.15) is 5.52 Å². The molecule has 3 aromatic rings. The van der Waals surface area contributed by atoms with Crippen LogP contribution >= 0.6 is 23.2 Å². The Morgan fingerprint density at radius 1 is 1.15 bits per heavy atom. The third kappa shape index (κ3) is 2.26. The van der Waals surface area contributed by atoms with Crippen molar-refractivity contribution in [2.24, 2.45) is 7.05 Å². The lowest BCUT2D eigenvalue weighted by Crippen LogP contribution is -1.93. The van der Waals surface area contributed by atoms with E-state index in [9.17, 15) is 0 Å². The minimum atomic E-state index is 0.330. The lowest BCUT2D eigenvalue weighted by atomic mass is 10.3. The summed E-state index contributed by atoms with van der Waals surface area (Å²) >= 11 is 12.2. The number of hydrogen-bond donors (Lipinski definition) is 1. The molecular weight excluding hydrogens is 299 g/mol. The maximum absolute atomic E-state index is 6.08. The average molecular weight is 309 g/mol. The lowest BCUT2D eigenvalue weighted by molar-refractivity contribution is 0.464. The number of nitrogens with zero attached hydrogens (tertiary/aromatic N) is 3. The summed E-state index contributed by atoms with van der Waals surface area (Å²) in [4.78, 5) is 8.36. The fourth-order valence-electron chi connectivity index (χ4n) is 1.85. The number of pyridine rings is 1. The number of ether oxygens (including phenoxy) is 1. The molecule has 7 heteroatoms. The van der Waals surface area contributed by atoms with Crippen molar-refractivity contribution < 1.29 is 4.74 Å². The molecule has 0 atom stereocenters. The molecular formula is C13H10Cl2N4O. The van der Waals surface area contributed by atoms with E-state index in [4.69, 9.17) is 33.7 Å². The van der Waals surface area contributed by atoms with Crippen LogP contribution in [0.2, 0.25) is 10.0 Å². The summed E-state index contributed by atoms with van der Waals surface area (Å²) in [6.07, 6.45) is 3.34. The van der Waals surface area contributed by atoms with E-state index in [1.165, 1.54) is 0 Å². The number of nitrogen functional groups attached to an aromatic ring is 1. The average Bonchev–Trinajstić information content (AvgIpc) is 2.75. The van der Waals surface area contributed by atoms with Crippen LogP contribution in [0.3, 0.4) is 0 Å². The van der Waals surface area contributed by atoms with Gasteiger partial charge >= 0.3 is 0 Å². The number of hydrogen-bond acceptors (Lipinski definition) is 4. The first-order valence-corrected chi connectivity index (χ1v) is 6.49. The quantitative estimate of drug-likeness (QED) is 0.734. The van der Waals surface area contributed by atoms with Crippen LogP contribution in [0.15, 0.2) is 30.7 Å². The van der Waals surface area contributed by atoms with Crippen molar-refractivity contribution in [2.45, 2.75) is 0 Å². The first-order chi connectivity index (χ1) is 9.54. The Kier molecular flexibility index (Phi) is 3.16. The molecule has 2 heterocycles. The van der Waals surface area contributed by atoms with E-state index in [0.29, 0.717) is 27.4 Å². The third-order valence-corrected chi connectivity index (χ3v) is 3.38. The zero-order valence-electron chi connectivity index (χ0n) is 10.5. The van der Waals surface area contributed by atoms with Crippen molar-refractivity contribution in [1.29, 1.82) is 0 Å². The van der Waals surface area contributed by atoms with E-state index >= 15 is 0 Å². The Balaban J connectivity index is 2.03. The SMILES string of the molecule is Cn1cnc2cnc(Oc3c(Cl)cc(N)cc3Cl)cc21. The molecule has 2 aromatic heterocycles. The Labute approximate surface area is 124 Å². The standard InChI is InChI=1S/C13H10Cl2N4O/c1-19-6-18-10-5-17-12(4-11(10)19)20-13-8(14)2-7(16)3-9(13)15/h2-6H,16H2,1H3. The Morgan fingerprint density at radius 3 is 2.55 bits per heavy atom. The number of nitrogens with two attached hydrogens (primary N) is 1. The van der Waals surface area contributed by atoms with Gasteiger partial charge < -0.3 is 15.0 Å². The van der Waals surface area contributed by atoms with E-state index in [0.717, 1.165) is 11.0 Å². The summed E-state index contributed by atoms with van der Waals surface area (Å²) in [5, 5.41) is 0.670. The van der Waals surface area contributed by atoms with Gasteiger partial charge in [-0.25, -0.2) is 9.97 Å². The first-order valence-electron chi connectivity index (χ1n) is 5.74. The van der Waals surface area contributed by atoms with Gasteiger partial charge in [0.2, 0.25) is 5.88 Å². The number of rotatable bonds is 2. The van der Waals surface area contributed by atoms with E-state index in [2.05, 4.69) is 9.97 Å². The van der Waals surface area contributed by atoms with Gasteiger partial charge in [0.05, 0.1) is 28.1 Å². The van der Waals surface area contributed by atoms with Crippen LogP contribution in [0.5, 0.6) is 11.6 Å². The highest BCUT2D eigenvalue weighted by Crippen LogP contribution is 2.37. The molecule has 5 nitrogen and oxygen atoms in total. The zero-order valence-corrected chi connectivity index (χ0v) is 12.0. The van der Waals surface area contributed by atoms with Crippen molar-refractivity contribution in [3.05, 3.63) is 40.8 Å². The fraction of sp³-hybridized carbons (Fsp3) is 0.0769. The predicted molar refractivity (Wildman–Crippen MR) is 79.5 cm³/mol. The highest BCUT2D eigenvalue weighted by atomic mass is 35.5. The van der Waals surface area contributed by atoms with Gasteiger partial charge in [0.25, 0.3) is 0 Å². The van der Waals surface area contributed by atoms with Crippen molar-refractivity contribution >= 4 is 39.9 Å². The van der Waals surface area contributed by atoms with Crippen molar-refractivity contribution in [2.75, 3.05) is 5.73 Å². The van der Waals surface area contributed by atoms with Crippen molar-refractivity contribution in [3.63, 3.8) is 0 Å². The molecule has 0 amide bonds. The molecule has 102 valence electrons. The number of imidazole rings is 1. The molecule has 0 aliphatic heterocycles. The van der Waals surface area contributed by atoms with E-state index in [-0.39, 0.29) is 0 Å². The van der Waals surface area contributed by atoms with Crippen LogP contribution in [0.1, 0.15) is 0 Å².